The second-order valence-electron chi connectivity index (χ2n) is 7.23. The zero-order chi connectivity index (χ0) is 20.9. The van der Waals surface area contributed by atoms with Gasteiger partial charge >= 0.3 is 0 Å². The molecule has 1 fully saturated rings. The normalized spacial score (nSPS) is 16.3. The maximum absolute atomic E-state index is 13.0. The van der Waals surface area contributed by atoms with Crippen LogP contribution in [-0.2, 0) is 4.79 Å². The molecule has 3 aromatic rings. The number of amides is 1. The van der Waals surface area contributed by atoms with E-state index in [-0.39, 0.29) is 24.5 Å². The molecule has 1 aromatic heterocycles. The second-order valence-corrected chi connectivity index (χ2v) is 7.67. The number of carbonyl (C=O) groups excluding carboxylic acids is 1. The summed E-state index contributed by atoms with van der Waals surface area (Å²) in [4.78, 5) is 23.6. The van der Waals surface area contributed by atoms with E-state index in [9.17, 15) is 4.79 Å². The highest BCUT2D eigenvalue weighted by Crippen LogP contribution is 2.36. The van der Waals surface area contributed by atoms with Crippen molar-refractivity contribution in [1.82, 2.24) is 14.9 Å². The van der Waals surface area contributed by atoms with Crippen LogP contribution in [0.1, 0.15) is 31.0 Å². The van der Waals surface area contributed by atoms with Crippen molar-refractivity contribution in [2.24, 2.45) is 0 Å². The molecule has 0 aliphatic carbocycles. The lowest BCUT2D eigenvalue weighted by molar-refractivity contribution is -0.137. The Bertz CT molecular complexity index is 1010. The lowest BCUT2D eigenvalue weighted by atomic mass is 9.94. The summed E-state index contributed by atoms with van der Waals surface area (Å²) in [5, 5.41) is 0.657. The Morgan fingerprint density at radius 2 is 1.90 bits per heavy atom. The van der Waals surface area contributed by atoms with Crippen LogP contribution in [0.4, 0.5) is 5.95 Å². The Labute approximate surface area is 180 Å². The van der Waals surface area contributed by atoms with Crippen LogP contribution in [0, 0.1) is 0 Å². The average molecular weight is 423 g/mol. The molecule has 4 rings (SSSR count). The van der Waals surface area contributed by atoms with Gasteiger partial charge in [0.15, 0.2) is 6.61 Å². The van der Waals surface area contributed by atoms with Gasteiger partial charge in [-0.25, -0.2) is 9.97 Å². The Balaban J connectivity index is 1.61. The van der Waals surface area contributed by atoms with Gasteiger partial charge in [-0.15, -0.1) is 0 Å². The van der Waals surface area contributed by atoms with Crippen molar-refractivity contribution in [3.63, 3.8) is 0 Å². The third-order valence-corrected chi connectivity index (χ3v) is 5.49. The van der Waals surface area contributed by atoms with Crippen LogP contribution in [0.2, 0.25) is 5.02 Å². The Hall–Kier alpha value is -3.12. The topological polar surface area (TPSA) is 81.3 Å². The molecule has 2 N–H and O–H groups in total. The van der Waals surface area contributed by atoms with Crippen LogP contribution in [0.15, 0.2) is 60.8 Å². The second kappa shape index (κ2) is 9.13. The Kier molecular flexibility index (Phi) is 6.14. The van der Waals surface area contributed by atoms with Crippen molar-refractivity contribution in [3.8, 4) is 16.9 Å². The SMILES string of the molecule is Nc1ncc(-c2ccc(Cl)cc2)c([C@@H]2CCCCN2C(=O)COc2ccccc2)n1. The standard InChI is InChI=1S/C23H23ClN4O2/c24-17-11-9-16(10-12-17)19-14-26-23(25)27-22(19)20-8-4-5-13-28(20)21(29)15-30-18-6-2-1-3-7-18/h1-3,6-7,9-12,14,20H,4-5,8,13,15H2,(H2,25,26,27)/t20-/m0/s1. The molecule has 6 nitrogen and oxygen atoms in total. The number of halogens is 1. The largest absolute Gasteiger partial charge is 0.484 e. The summed E-state index contributed by atoms with van der Waals surface area (Å²) >= 11 is 6.04. The van der Waals surface area contributed by atoms with Crippen molar-refractivity contribution in [2.75, 3.05) is 18.9 Å². The summed E-state index contributed by atoms with van der Waals surface area (Å²) in [7, 11) is 0. The number of nitrogens with two attached hydrogens (primary N) is 1. The van der Waals surface area contributed by atoms with Crippen LogP contribution in [0.5, 0.6) is 5.75 Å². The quantitative estimate of drug-likeness (QED) is 0.654. The molecule has 2 heterocycles. The fourth-order valence-electron chi connectivity index (χ4n) is 3.77. The number of nitrogen functional groups attached to an aromatic ring is 1. The molecule has 0 unspecified atom stereocenters. The smallest absolute Gasteiger partial charge is 0.261 e. The van der Waals surface area contributed by atoms with Gasteiger partial charge in [-0.2, -0.15) is 0 Å². The van der Waals surface area contributed by atoms with Gasteiger partial charge in [0, 0.05) is 23.3 Å². The number of likely N-dealkylation sites (tertiary alicyclic amines) is 1. The van der Waals surface area contributed by atoms with Crippen molar-refractivity contribution in [2.45, 2.75) is 25.3 Å². The first-order valence-corrected chi connectivity index (χ1v) is 10.4. The highest BCUT2D eigenvalue weighted by Gasteiger charge is 2.31. The highest BCUT2D eigenvalue weighted by atomic mass is 35.5. The molecule has 1 atom stereocenters. The lowest BCUT2D eigenvalue weighted by Gasteiger charge is -2.36. The van der Waals surface area contributed by atoms with Gasteiger partial charge in [0.1, 0.15) is 5.75 Å². The number of aromatic nitrogens is 2. The molecule has 30 heavy (non-hydrogen) atoms. The minimum atomic E-state index is -0.179. The van der Waals surface area contributed by atoms with Crippen LogP contribution >= 0.6 is 11.6 Å². The fourth-order valence-corrected chi connectivity index (χ4v) is 3.90. The predicted molar refractivity (Wildman–Crippen MR) is 117 cm³/mol. The summed E-state index contributed by atoms with van der Waals surface area (Å²) in [6.45, 7) is 0.642. The summed E-state index contributed by atoms with van der Waals surface area (Å²) < 4.78 is 5.69. The van der Waals surface area contributed by atoms with E-state index in [4.69, 9.17) is 22.1 Å². The van der Waals surface area contributed by atoms with Crippen molar-refractivity contribution in [3.05, 3.63) is 71.5 Å². The third kappa shape index (κ3) is 4.54. The monoisotopic (exact) mass is 422 g/mol. The molecule has 0 bridgehead atoms. The lowest BCUT2D eigenvalue weighted by Crippen LogP contribution is -2.41. The molecular weight excluding hydrogens is 400 g/mol. The summed E-state index contributed by atoms with van der Waals surface area (Å²) in [6, 6.07) is 16.7. The van der Waals surface area contributed by atoms with Crippen molar-refractivity contribution in [1.29, 1.82) is 0 Å². The number of para-hydroxylation sites is 1. The van der Waals surface area contributed by atoms with Crippen LogP contribution in [0.25, 0.3) is 11.1 Å². The fraction of sp³-hybridized carbons (Fsp3) is 0.261. The molecule has 2 aromatic carbocycles. The number of carbonyl (C=O) groups is 1. The van der Waals surface area contributed by atoms with Gasteiger partial charge in [-0.3, -0.25) is 4.79 Å². The number of piperidine rings is 1. The molecule has 0 spiro atoms. The summed E-state index contributed by atoms with van der Waals surface area (Å²) in [5.74, 6) is 0.802. The van der Waals surface area contributed by atoms with Crippen LogP contribution in [-0.4, -0.2) is 33.9 Å². The van der Waals surface area contributed by atoms with Gasteiger partial charge in [-0.1, -0.05) is 41.9 Å². The number of ether oxygens (including phenoxy) is 1. The summed E-state index contributed by atoms with van der Waals surface area (Å²) in [5.41, 5.74) is 8.48. The molecule has 0 radical (unpaired) electrons. The van der Waals surface area contributed by atoms with E-state index in [1.54, 1.807) is 6.20 Å². The maximum atomic E-state index is 13.0. The number of benzene rings is 2. The molecule has 154 valence electrons. The van der Waals surface area contributed by atoms with Crippen molar-refractivity contribution < 1.29 is 9.53 Å². The van der Waals surface area contributed by atoms with Gasteiger partial charge in [-0.05, 0) is 49.1 Å². The van der Waals surface area contributed by atoms with Crippen molar-refractivity contribution >= 4 is 23.5 Å². The number of rotatable bonds is 5. The van der Waals surface area contributed by atoms with E-state index >= 15 is 0 Å². The molecule has 1 amide bonds. The highest BCUT2D eigenvalue weighted by molar-refractivity contribution is 6.30. The number of nitrogens with zero attached hydrogens (tertiary/aromatic N) is 3. The first-order valence-electron chi connectivity index (χ1n) is 9.97. The van der Waals surface area contributed by atoms with E-state index in [2.05, 4.69) is 9.97 Å². The van der Waals surface area contributed by atoms with Gasteiger partial charge in [0.05, 0.1) is 11.7 Å². The van der Waals surface area contributed by atoms with Crippen LogP contribution < -0.4 is 10.5 Å². The molecule has 1 aliphatic heterocycles. The first kappa shape index (κ1) is 20.2. The first-order chi connectivity index (χ1) is 14.6. The van der Waals surface area contributed by atoms with Gasteiger partial charge in [0.25, 0.3) is 5.91 Å². The minimum absolute atomic E-state index is 0.0165. The molecule has 7 heteroatoms. The van der Waals surface area contributed by atoms with E-state index in [1.807, 2.05) is 59.5 Å². The van der Waals surface area contributed by atoms with E-state index < -0.39 is 0 Å². The molecule has 1 aliphatic rings. The number of hydrogen-bond donors (Lipinski definition) is 1. The maximum Gasteiger partial charge on any atom is 0.261 e. The molecule has 1 saturated heterocycles. The average Bonchev–Trinajstić information content (AvgIpc) is 2.79. The zero-order valence-corrected chi connectivity index (χ0v) is 17.3. The zero-order valence-electron chi connectivity index (χ0n) is 16.5. The van der Waals surface area contributed by atoms with Gasteiger partial charge in [0.2, 0.25) is 5.95 Å². The van der Waals surface area contributed by atoms with E-state index in [0.29, 0.717) is 17.3 Å². The summed E-state index contributed by atoms with van der Waals surface area (Å²) in [6.07, 6.45) is 4.50. The third-order valence-electron chi connectivity index (χ3n) is 5.24. The molecular formula is C23H23ClN4O2. The Morgan fingerprint density at radius 1 is 1.13 bits per heavy atom. The predicted octanol–water partition coefficient (Wildman–Crippen LogP) is 4.51. The minimum Gasteiger partial charge on any atom is -0.484 e. The van der Waals surface area contributed by atoms with E-state index in [0.717, 1.165) is 36.1 Å². The van der Waals surface area contributed by atoms with E-state index in [1.165, 1.54) is 0 Å². The number of hydrogen-bond acceptors (Lipinski definition) is 5. The van der Waals surface area contributed by atoms with Gasteiger partial charge < -0.3 is 15.4 Å². The molecule has 0 saturated carbocycles. The van der Waals surface area contributed by atoms with Crippen LogP contribution in [0.3, 0.4) is 0 Å². The number of anilines is 1. The Morgan fingerprint density at radius 3 is 2.67 bits per heavy atom.